The second kappa shape index (κ2) is 25.9. The van der Waals surface area contributed by atoms with E-state index in [9.17, 15) is 5.11 Å². The van der Waals surface area contributed by atoms with Gasteiger partial charge in [0.15, 0.2) is 6.29 Å². The van der Waals surface area contributed by atoms with Crippen LogP contribution in [-0.2, 0) is 48.9 Å². The van der Waals surface area contributed by atoms with Crippen molar-refractivity contribution >= 4 is 65.4 Å². The number of likely N-dealkylation sites (tertiary alicyclic amines) is 3. The highest BCUT2D eigenvalue weighted by Gasteiger charge is 2.37. The highest BCUT2D eigenvalue weighted by atomic mass is 16.7. The molecular formula is C82H87N9O3. The lowest BCUT2D eigenvalue weighted by Crippen LogP contribution is -2.36. The fourth-order valence-corrected chi connectivity index (χ4v) is 18.3. The highest BCUT2D eigenvalue weighted by Crippen LogP contribution is 2.47. The van der Waals surface area contributed by atoms with Gasteiger partial charge < -0.3 is 28.3 Å². The maximum absolute atomic E-state index is 9.44. The van der Waals surface area contributed by atoms with Crippen LogP contribution >= 0.6 is 0 Å². The molecule has 4 aliphatic heterocycles. The number of aliphatic hydroxyl groups is 1. The van der Waals surface area contributed by atoms with Crippen LogP contribution in [0.3, 0.4) is 0 Å². The van der Waals surface area contributed by atoms with Gasteiger partial charge >= 0.3 is 0 Å². The molecule has 0 radical (unpaired) electrons. The Hall–Kier alpha value is -8.07. The predicted octanol–water partition coefficient (Wildman–Crippen LogP) is 16.1. The van der Waals surface area contributed by atoms with Gasteiger partial charge in [-0.2, -0.15) is 0 Å². The molecule has 12 nitrogen and oxygen atoms in total. The second-order valence-corrected chi connectivity index (χ2v) is 27.9. The number of aryl methyl sites for hydroxylation is 1. The molecule has 94 heavy (non-hydrogen) atoms. The SMILES string of the molecule is Cn1cc(C2CCN(C3Cc4cccc5cccc3c45)CC2)c2cccnc21.OCCn1cc(C2CCN(C3Cc4cccc5cccc3c45)CC2)c2cccnc21.c1cc2c3c(cccc3c1)C(N1CCC(c3cn(CCOC4CCCCO4)c4ncccc34)CC1)C2. The van der Waals surface area contributed by atoms with Gasteiger partial charge in [-0.3, -0.25) is 14.7 Å². The van der Waals surface area contributed by atoms with Gasteiger partial charge in [-0.15, -0.1) is 0 Å². The van der Waals surface area contributed by atoms with E-state index in [1.807, 2.05) is 24.7 Å². The number of hydrogen-bond acceptors (Lipinski definition) is 9. The molecule has 4 saturated heterocycles. The monoisotopic (exact) mass is 1250 g/mol. The molecule has 6 aromatic heterocycles. The number of aromatic nitrogens is 6. The summed E-state index contributed by atoms with van der Waals surface area (Å²) in [6.07, 6.45) is 26.5. The molecule has 4 fully saturated rings. The van der Waals surface area contributed by atoms with Crippen molar-refractivity contribution in [3.63, 3.8) is 0 Å². The summed E-state index contributed by atoms with van der Waals surface area (Å²) in [7, 11) is 2.12. The van der Waals surface area contributed by atoms with Crippen LogP contribution in [-0.4, -0.2) is 114 Å². The van der Waals surface area contributed by atoms with Crippen LogP contribution in [0.15, 0.2) is 183 Å². The van der Waals surface area contributed by atoms with Crippen LogP contribution in [0.1, 0.15) is 144 Å². The zero-order valence-electron chi connectivity index (χ0n) is 54.4. The van der Waals surface area contributed by atoms with E-state index >= 15 is 0 Å². The number of nitrogens with zero attached hydrogens (tertiary/aromatic N) is 9. The molecule has 0 amide bonds. The lowest BCUT2D eigenvalue weighted by Gasteiger charge is -2.36. The lowest BCUT2D eigenvalue weighted by atomic mass is 9.88. The van der Waals surface area contributed by atoms with Crippen molar-refractivity contribution in [2.75, 3.05) is 59.1 Å². The van der Waals surface area contributed by atoms with Crippen LogP contribution in [0.25, 0.3) is 65.4 Å². The summed E-state index contributed by atoms with van der Waals surface area (Å²) < 4.78 is 18.4. The quantitative estimate of drug-likeness (QED) is 0.128. The van der Waals surface area contributed by atoms with Crippen molar-refractivity contribution < 1.29 is 14.6 Å². The van der Waals surface area contributed by atoms with Crippen molar-refractivity contribution in [2.45, 2.75) is 132 Å². The van der Waals surface area contributed by atoms with Crippen LogP contribution in [0.5, 0.6) is 0 Å². The third-order valence-electron chi connectivity index (χ3n) is 22.8. The minimum atomic E-state index is -0.0371. The average Bonchev–Trinajstić information content (AvgIpc) is 1.63. The summed E-state index contributed by atoms with van der Waals surface area (Å²) in [6, 6.07) is 55.3. The van der Waals surface area contributed by atoms with Gasteiger partial charge in [-0.25, -0.2) is 15.0 Å². The van der Waals surface area contributed by atoms with Gasteiger partial charge in [-0.05, 0) is 253 Å². The van der Waals surface area contributed by atoms with Gasteiger partial charge in [0.05, 0.1) is 13.2 Å². The van der Waals surface area contributed by atoms with Gasteiger partial charge in [0.1, 0.15) is 16.9 Å². The summed E-state index contributed by atoms with van der Waals surface area (Å²) in [5.41, 5.74) is 16.7. The van der Waals surface area contributed by atoms with Crippen molar-refractivity contribution in [1.29, 1.82) is 0 Å². The first-order valence-electron chi connectivity index (χ1n) is 35.3. The standard InChI is InChI=1S/C31H35N3O2.C26H27N3O.C25H25N3/c1-2-18-35-29(11-1)36-19-17-34-21-27(25-10-5-14-32-31(25)34)22-12-15-33(16-13-22)28-20-24-8-3-6-23-7-4-9-26(28)30(23)24;30-15-14-29-17-23(21-8-3-11-27-26(21)29)18-9-12-28(13-10-18)24-16-20-6-1-4-19-5-2-7-22(24)25(19)20;1-27-16-22(20-9-4-12-26-25(20)27)17-10-13-28(14-11-17)23-15-19-7-2-5-18-6-3-8-21(23)24(18)19/h3-10,14,21-22,28-29H,1-2,11-13,15-20H2;1-8,11,17-18,24,30H,9-10,12-16H2;2-9,12,16-17,23H,10-11,13-15H2,1H3. The molecule has 7 aliphatic rings. The number of ether oxygens (including phenoxy) is 2. The number of pyridine rings is 3. The van der Waals surface area contributed by atoms with Crippen molar-refractivity contribution in [3.8, 4) is 0 Å². The molecule has 12 heteroatoms. The Morgan fingerprint density at radius 2 is 0.819 bits per heavy atom. The fourth-order valence-electron chi connectivity index (χ4n) is 18.3. The molecule has 3 aliphatic carbocycles. The van der Waals surface area contributed by atoms with E-state index in [4.69, 9.17) is 14.5 Å². The number of fused-ring (bicyclic) bond motifs is 3. The largest absolute Gasteiger partial charge is 0.395 e. The smallest absolute Gasteiger partial charge is 0.157 e. The van der Waals surface area contributed by atoms with E-state index in [0.717, 1.165) is 82.0 Å². The number of hydrogen-bond donors (Lipinski definition) is 1. The van der Waals surface area contributed by atoms with Crippen LogP contribution < -0.4 is 0 Å². The molecule has 0 spiro atoms. The van der Waals surface area contributed by atoms with Gasteiger partial charge in [0.25, 0.3) is 0 Å². The van der Waals surface area contributed by atoms with Crippen LogP contribution in [0.4, 0.5) is 0 Å². The molecule has 12 aromatic rings. The number of aliphatic hydroxyl groups excluding tert-OH is 1. The zero-order chi connectivity index (χ0) is 62.6. The lowest BCUT2D eigenvalue weighted by molar-refractivity contribution is -0.163. The Morgan fingerprint density at radius 3 is 1.23 bits per heavy atom. The van der Waals surface area contributed by atoms with Crippen LogP contribution in [0.2, 0.25) is 0 Å². The first-order valence-corrected chi connectivity index (χ1v) is 35.3. The summed E-state index contributed by atoms with van der Waals surface area (Å²) in [4.78, 5) is 22.1. The number of benzene rings is 6. The zero-order valence-corrected chi connectivity index (χ0v) is 54.4. The first kappa shape index (κ1) is 59.7. The first-order chi connectivity index (χ1) is 46.5. The highest BCUT2D eigenvalue weighted by molar-refractivity contribution is 5.93. The summed E-state index contributed by atoms with van der Waals surface area (Å²) >= 11 is 0. The van der Waals surface area contributed by atoms with E-state index in [1.54, 1.807) is 5.56 Å². The van der Waals surface area contributed by atoms with Crippen molar-refractivity contribution in [2.24, 2.45) is 7.05 Å². The average molecular weight is 1250 g/mol. The van der Waals surface area contributed by atoms with E-state index in [2.05, 4.69) is 204 Å². The maximum Gasteiger partial charge on any atom is 0.157 e. The third kappa shape index (κ3) is 11.1. The molecule has 6 aromatic carbocycles. The molecule has 4 atom stereocenters. The topological polar surface area (TPSA) is 102 Å². The molecule has 0 saturated carbocycles. The Balaban J connectivity index is 0.000000108. The Labute approximate surface area is 551 Å². The molecule has 19 rings (SSSR count). The molecule has 0 bridgehead atoms. The molecule has 4 unspecified atom stereocenters. The molecule has 478 valence electrons. The summed E-state index contributed by atoms with van der Waals surface area (Å²) in [5, 5.41) is 22.0. The van der Waals surface area contributed by atoms with Crippen molar-refractivity contribution in [3.05, 3.63) is 233 Å². The fraction of sp³-hybridized carbons (Fsp3) is 0.378. The van der Waals surface area contributed by atoms with Gasteiger partial charge in [-0.1, -0.05) is 109 Å². The summed E-state index contributed by atoms with van der Waals surface area (Å²) in [6.45, 7) is 9.97. The molecular weight excluding hydrogens is 1160 g/mol. The summed E-state index contributed by atoms with van der Waals surface area (Å²) in [5.74, 6) is 1.78. The van der Waals surface area contributed by atoms with E-state index in [-0.39, 0.29) is 12.9 Å². The Morgan fingerprint density at radius 1 is 0.426 bits per heavy atom. The minimum Gasteiger partial charge on any atom is -0.395 e. The normalized spacial score (nSPS) is 21.3. The Kier molecular flexibility index (Phi) is 16.4. The van der Waals surface area contributed by atoms with Gasteiger partial charge in [0, 0.05) is 98.2 Å². The minimum absolute atomic E-state index is 0.0371. The van der Waals surface area contributed by atoms with E-state index in [1.165, 1.54) is 157 Å². The molecule has 10 heterocycles. The number of piperidine rings is 3. The Bertz CT molecular complexity index is 4690. The second-order valence-electron chi connectivity index (χ2n) is 27.9. The third-order valence-corrected chi connectivity index (χ3v) is 22.8. The predicted molar refractivity (Wildman–Crippen MR) is 379 cm³/mol. The van der Waals surface area contributed by atoms with Crippen molar-refractivity contribution in [1.82, 2.24) is 43.4 Å². The maximum atomic E-state index is 9.44. The van der Waals surface area contributed by atoms with Gasteiger partial charge in [0.2, 0.25) is 0 Å². The van der Waals surface area contributed by atoms with Crippen LogP contribution in [0, 0.1) is 0 Å². The molecule has 1 N–H and O–H groups in total. The number of rotatable bonds is 12. The van der Waals surface area contributed by atoms with E-state index in [0.29, 0.717) is 49.0 Å². The van der Waals surface area contributed by atoms with E-state index < -0.39 is 0 Å².